The molecule has 15 rings (SSSR count). The molecule has 480 valence electrons. The number of likely N-dealkylation sites (tertiary alicyclic amines) is 1. The molecule has 0 saturated carbocycles. The van der Waals surface area contributed by atoms with Gasteiger partial charge in [0.05, 0.1) is 87.7 Å². The van der Waals surface area contributed by atoms with Crippen molar-refractivity contribution in [3.8, 4) is 33.9 Å². The number of nitrogens with one attached hydrogen (secondary N) is 2. The molecule has 0 unspecified atom stereocenters. The van der Waals surface area contributed by atoms with Crippen LogP contribution in [-0.4, -0.2) is 147 Å². The molecule has 3 aliphatic heterocycles. The van der Waals surface area contributed by atoms with Crippen LogP contribution in [0, 0.1) is 27.7 Å². The zero-order valence-electron chi connectivity index (χ0n) is 54.2. The second-order valence-electron chi connectivity index (χ2n) is 25.4. The zero-order chi connectivity index (χ0) is 64.8. The molecule has 12 aromatic rings. The first-order chi connectivity index (χ1) is 45.0. The van der Waals surface area contributed by atoms with E-state index in [1.165, 1.54) is 5.56 Å². The summed E-state index contributed by atoms with van der Waals surface area (Å²) >= 11 is 0. The number of aliphatic hydroxyl groups is 2. The molecule has 22 nitrogen and oxygen atoms in total. The lowest BCUT2D eigenvalue weighted by Crippen LogP contribution is -2.54. The maximum Gasteiger partial charge on any atom is 0.258 e. The SMILES string of the molecule is CCc1cc(-c2cc(=O)n3cc(C4CCNCC4)ccc3n2)cn2cc(C)nc12.CCc1nc(C)cn2nc(-c3cc(=O)n4cc(C5CCN(C(CO)CO)CC5)ccc4n3)cc12.Cc1cn2cc(-c3cc(=O)n4cc(N5C[C@@H](C)N[C@@H](C)C5)ccc4n3)cc2c(C)n1. The highest BCUT2D eigenvalue weighted by Crippen LogP contribution is 2.31. The summed E-state index contributed by atoms with van der Waals surface area (Å²) < 4.78 is 10.8. The second-order valence-corrected chi connectivity index (χ2v) is 25.4. The zero-order valence-corrected chi connectivity index (χ0v) is 54.2. The molecule has 3 aliphatic rings. The highest BCUT2D eigenvalue weighted by Gasteiger charge is 2.27. The smallest absolute Gasteiger partial charge is 0.258 e. The van der Waals surface area contributed by atoms with Gasteiger partial charge in [0.25, 0.3) is 16.7 Å². The topological polar surface area (TPSA) is 239 Å². The number of aliphatic hydroxyl groups excluding tert-OH is 2. The molecule has 0 radical (unpaired) electrons. The number of piperazine rings is 1. The number of rotatable bonds is 11. The number of imidazole rings is 1. The van der Waals surface area contributed by atoms with Crippen molar-refractivity contribution < 1.29 is 10.2 Å². The number of nitrogens with zero attached hydrogens (tertiary/aromatic N) is 15. The van der Waals surface area contributed by atoms with Crippen LogP contribution in [-0.2, 0) is 12.8 Å². The Hall–Kier alpha value is -9.32. The van der Waals surface area contributed by atoms with Gasteiger partial charge in [0.15, 0.2) is 0 Å². The molecule has 93 heavy (non-hydrogen) atoms. The lowest BCUT2D eigenvalue weighted by molar-refractivity contribution is 0.0569. The van der Waals surface area contributed by atoms with Crippen molar-refractivity contribution in [1.82, 2.24) is 77.1 Å². The molecule has 0 aliphatic carbocycles. The fraction of sp³-hybridized carbons (Fsp3) is 0.380. The first-order valence-electron chi connectivity index (χ1n) is 32.6. The largest absolute Gasteiger partial charge is 0.395 e. The molecule has 2 atom stereocenters. The van der Waals surface area contributed by atoms with Crippen molar-refractivity contribution in [2.45, 2.75) is 124 Å². The summed E-state index contributed by atoms with van der Waals surface area (Å²) in [5, 5.41) is 30.5. The van der Waals surface area contributed by atoms with Crippen LogP contribution in [0.2, 0.25) is 0 Å². The average Bonchev–Trinajstić information content (AvgIpc) is 1.92. The van der Waals surface area contributed by atoms with E-state index < -0.39 is 0 Å². The summed E-state index contributed by atoms with van der Waals surface area (Å²) in [5.41, 5.74) is 18.3. The van der Waals surface area contributed by atoms with Gasteiger partial charge in [-0.05, 0) is 177 Å². The van der Waals surface area contributed by atoms with E-state index in [0.717, 1.165) is 151 Å². The fourth-order valence-corrected chi connectivity index (χ4v) is 13.8. The standard InChI is InChI=1S/C25H30N6O3.C23H26N6O.C23H25N5O/c1-3-20-23-10-22(28-31(23)12-16(2)26-20)21-11-25(34)30-13-18(4-5-24(30)27-21)17-6-8-29(9-7-17)19(14-32)15-33;1-14-9-27(10-15(2)24-14)19-5-6-22-26-20(8-23(30)29(22)13-19)18-7-21-17(4)25-16(3)11-28(21)12-18;1-3-16-10-19(13-27-12-15(2)25-23(16)27)20-11-22(29)28-14-18(4-5-21(28)26-20)17-6-8-24-9-7-17/h4-5,10-13,17,19,32-33H,3,6-9,14-15H2,1-2H3;5-8,11-15,24H,9-10H2,1-4H3;4-5,10-14,17,24H,3,6-9H2,1-2H3/t;14-,15+;. The van der Waals surface area contributed by atoms with Gasteiger partial charge in [-0.1, -0.05) is 26.0 Å². The van der Waals surface area contributed by atoms with Crippen LogP contribution in [0.5, 0.6) is 0 Å². The number of anilines is 1. The van der Waals surface area contributed by atoms with Crippen LogP contribution in [0.3, 0.4) is 0 Å². The highest BCUT2D eigenvalue weighted by atomic mass is 16.3. The first-order valence-corrected chi connectivity index (χ1v) is 32.6. The van der Waals surface area contributed by atoms with Gasteiger partial charge in [-0.25, -0.2) is 24.5 Å². The molecule has 3 fully saturated rings. The normalized spacial score (nSPS) is 16.9. The van der Waals surface area contributed by atoms with Crippen molar-refractivity contribution >= 4 is 39.3 Å². The third kappa shape index (κ3) is 13.0. The number of hydrogen-bond acceptors (Lipinski definition) is 16. The number of aromatic nitrogens is 13. The summed E-state index contributed by atoms with van der Waals surface area (Å²) in [4.78, 5) is 71.4. The van der Waals surface area contributed by atoms with Crippen LogP contribution in [0.4, 0.5) is 5.69 Å². The molecule has 3 saturated heterocycles. The van der Waals surface area contributed by atoms with Gasteiger partial charge in [-0.2, -0.15) is 5.10 Å². The van der Waals surface area contributed by atoms with Crippen molar-refractivity contribution in [1.29, 1.82) is 0 Å². The number of hydrogen-bond donors (Lipinski definition) is 4. The van der Waals surface area contributed by atoms with Crippen LogP contribution >= 0.6 is 0 Å². The Bertz CT molecular complexity index is 4940. The fourth-order valence-electron chi connectivity index (χ4n) is 13.8. The Morgan fingerprint density at radius 3 is 1.71 bits per heavy atom. The van der Waals surface area contributed by atoms with Gasteiger partial charge in [0.2, 0.25) is 0 Å². The summed E-state index contributed by atoms with van der Waals surface area (Å²) in [6.07, 6.45) is 21.4. The molecule has 0 aromatic carbocycles. The molecule has 4 N–H and O–H groups in total. The van der Waals surface area contributed by atoms with E-state index in [0.29, 0.717) is 63.6 Å². The van der Waals surface area contributed by atoms with Crippen molar-refractivity contribution in [2.75, 3.05) is 57.4 Å². The summed E-state index contributed by atoms with van der Waals surface area (Å²) in [5.74, 6) is 0.832. The maximum atomic E-state index is 13.0. The van der Waals surface area contributed by atoms with Gasteiger partial charge in [0, 0.05) is 97.9 Å². The van der Waals surface area contributed by atoms with Crippen molar-refractivity contribution in [3.05, 3.63) is 199 Å². The predicted molar refractivity (Wildman–Crippen MR) is 363 cm³/mol. The van der Waals surface area contributed by atoms with E-state index in [1.807, 2.05) is 127 Å². The number of fused-ring (bicyclic) bond motifs is 6. The quantitative estimate of drug-likeness (QED) is 0.0960. The third-order valence-corrected chi connectivity index (χ3v) is 18.5. The lowest BCUT2D eigenvalue weighted by atomic mass is 9.90. The Morgan fingerprint density at radius 1 is 0.538 bits per heavy atom. The van der Waals surface area contributed by atoms with E-state index in [-0.39, 0.29) is 35.9 Å². The number of piperidine rings is 2. The Balaban J connectivity index is 0.000000127. The first kappa shape index (κ1) is 62.5. The summed E-state index contributed by atoms with van der Waals surface area (Å²) in [6, 6.07) is 23.5. The molecule has 15 heterocycles. The van der Waals surface area contributed by atoms with Crippen molar-refractivity contribution in [2.24, 2.45) is 0 Å². The van der Waals surface area contributed by atoms with Gasteiger partial charge < -0.3 is 34.5 Å². The van der Waals surface area contributed by atoms with E-state index in [2.05, 4.69) is 86.4 Å². The van der Waals surface area contributed by atoms with E-state index in [1.54, 1.807) is 31.4 Å². The third-order valence-electron chi connectivity index (χ3n) is 18.5. The minimum absolute atomic E-state index is 0.0390. The van der Waals surface area contributed by atoms with E-state index in [4.69, 9.17) is 15.0 Å². The molecule has 0 bridgehead atoms. The molecule has 12 aromatic heterocycles. The predicted octanol–water partition coefficient (Wildman–Crippen LogP) is 7.97. The van der Waals surface area contributed by atoms with Crippen LogP contribution in [0.25, 0.3) is 67.5 Å². The van der Waals surface area contributed by atoms with Gasteiger partial charge in [-0.15, -0.1) is 0 Å². The molecular weight excluding hydrogens is 1170 g/mol. The molecule has 0 amide bonds. The summed E-state index contributed by atoms with van der Waals surface area (Å²) in [6.45, 7) is 21.9. The van der Waals surface area contributed by atoms with Gasteiger partial charge >= 0.3 is 0 Å². The Morgan fingerprint density at radius 2 is 1.09 bits per heavy atom. The second kappa shape index (κ2) is 26.4. The Labute approximate surface area is 538 Å². The van der Waals surface area contributed by atoms with E-state index >= 15 is 0 Å². The van der Waals surface area contributed by atoms with Gasteiger partial charge in [0.1, 0.15) is 28.3 Å². The van der Waals surface area contributed by atoms with E-state index in [9.17, 15) is 24.6 Å². The van der Waals surface area contributed by atoms with Crippen molar-refractivity contribution in [3.63, 3.8) is 0 Å². The molecule has 22 heteroatoms. The average molecular weight is 1250 g/mol. The lowest BCUT2D eigenvalue weighted by Gasteiger charge is -2.37. The molecule has 0 spiro atoms. The number of pyridine rings is 4. The maximum absolute atomic E-state index is 13.0. The monoisotopic (exact) mass is 1250 g/mol. The molecular formula is C71H81N17O5. The van der Waals surface area contributed by atoms with Crippen LogP contribution < -0.4 is 32.2 Å². The van der Waals surface area contributed by atoms with Crippen LogP contribution in [0.15, 0.2) is 137 Å². The summed E-state index contributed by atoms with van der Waals surface area (Å²) in [7, 11) is 0. The minimum atomic E-state index is -0.199. The number of aryl methyl sites for hydroxylation is 6. The van der Waals surface area contributed by atoms with Gasteiger partial charge in [-0.3, -0.25) is 42.5 Å². The van der Waals surface area contributed by atoms with Crippen LogP contribution in [0.1, 0.15) is 110 Å². The minimum Gasteiger partial charge on any atom is -0.395 e. The Kier molecular flexibility index (Phi) is 17.7. The highest BCUT2D eigenvalue weighted by molar-refractivity contribution is 5.71.